The number of amides is 2. The second-order valence-corrected chi connectivity index (χ2v) is 3.55. The van der Waals surface area contributed by atoms with Crippen molar-refractivity contribution in [3.8, 4) is 0 Å². The first-order valence-electron chi connectivity index (χ1n) is 4.99. The molecule has 0 saturated carbocycles. The number of hydrogen-bond acceptors (Lipinski definition) is 4. The Morgan fingerprint density at radius 3 is 2.33 bits per heavy atom. The van der Waals surface area contributed by atoms with Gasteiger partial charge in [-0.25, -0.2) is 0 Å². The Hall–Kier alpha value is -1.14. The van der Waals surface area contributed by atoms with Crippen LogP contribution in [-0.2, 0) is 9.59 Å². The fourth-order valence-electron chi connectivity index (χ4n) is 1.48. The van der Waals surface area contributed by atoms with Gasteiger partial charge in [-0.3, -0.25) is 14.5 Å². The van der Waals surface area contributed by atoms with Crippen molar-refractivity contribution in [2.24, 2.45) is 0 Å². The van der Waals surface area contributed by atoms with Crippen LogP contribution in [0.15, 0.2) is 0 Å². The van der Waals surface area contributed by atoms with E-state index in [1.165, 1.54) is 6.92 Å². The summed E-state index contributed by atoms with van der Waals surface area (Å²) < 4.78 is 0. The minimum Gasteiger partial charge on any atom is -0.387 e. The molecule has 0 unspecified atom stereocenters. The van der Waals surface area contributed by atoms with Gasteiger partial charge in [-0.15, -0.1) is 0 Å². The maximum atomic E-state index is 11.1. The molecule has 0 bridgehead atoms. The summed E-state index contributed by atoms with van der Waals surface area (Å²) in [6, 6.07) is 0. The number of nitrogens with zero attached hydrogens (tertiary/aromatic N) is 2. The van der Waals surface area contributed by atoms with Gasteiger partial charge >= 0.3 is 0 Å². The lowest BCUT2D eigenvalue weighted by molar-refractivity contribution is -0.136. The Morgan fingerprint density at radius 1 is 1.27 bits per heavy atom. The van der Waals surface area contributed by atoms with Crippen molar-refractivity contribution in [2.75, 3.05) is 39.5 Å². The average Bonchev–Trinajstić information content (AvgIpc) is 2.26. The lowest BCUT2D eigenvalue weighted by Gasteiger charge is -2.34. The molecule has 0 aliphatic carbocycles. The normalized spacial score (nSPS) is 17.6. The van der Waals surface area contributed by atoms with Crippen molar-refractivity contribution in [3.05, 3.63) is 0 Å². The minimum absolute atomic E-state index is 0.0520. The van der Waals surface area contributed by atoms with Crippen molar-refractivity contribution >= 4 is 11.8 Å². The molecule has 2 amide bonds. The molecule has 15 heavy (non-hydrogen) atoms. The van der Waals surface area contributed by atoms with Gasteiger partial charge in [0.05, 0.1) is 6.67 Å². The van der Waals surface area contributed by atoms with Crippen LogP contribution in [0.2, 0.25) is 0 Å². The fourth-order valence-corrected chi connectivity index (χ4v) is 1.48. The summed E-state index contributed by atoms with van der Waals surface area (Å²) in [4.78, 5) is 25.5. The molecule has 0 aromatic rings. The highest BCUT2D eigenvalue weighted by Crippen LogP contribution is 2.00. The second kappa shape index (κ2) is 5.67. The number of carbonyl (C=O) groups is 2. The monoisotopic (exact) mass is 215 g/mol. The second-order valence-electron chi connectivity index (χ2n) is 3.55. The van der Waals surface area contributed by atoms with Gasteiger partial charge in [-0.1, -0.05) is 0 Å². The van der Waals surface area contributed by atoms with Crippen molar-refractivity contribution in [1.82, 2.24) is 15.1 Å². The largest absolute Gasteiger partial charge is 0.387 e. The topological polar surface area (TPSA) is 72.9 Å². The molecular formula is C9H17N3O3. The Kier molecular flexibility index (Phi) is 4.51. The zero-order valence-electron chi connectivity index (χ0n) is 8.90. The first-order valence-corrected chi connectivity index (χ1v) is 4.99. The summed E-state index contributed by atoms with van der Waals surface area (Å²) in [5.74, 6) is -0.280. The van der Waals surface area contributed by atoms with E-state index in [0.29, 0.717) is 19.8 Å². The van der Waals surface area contributed by atoms with Crippen molar-refractivity contribution in [1.29, 1.82) is 0 Å². The highest BCUT2D eigenvalue weighted by atomic mass is 16.3. The van der Waals surface area contributed by atoms with Crippen LogP contribution in [0.1, 0.15) is 6.92 Å². The molecule has 1 aliphatic rings. The summed E-state index contributed by atoms with van der Waals surface area (Å²) >= 11 is 0. The SMILES string of the molecule is CC(=O)NCN1CCN(C(=O)CO)CC1. The standard InChI is InChI=1S/C9H17N3O3/c1-8(14)10-7-11-2-4-12(5-3-11)9(15)6-13/h13H,2-7H2,1H3,(H,10,14). The van der Waals surface area contributed by atoms with Crippen LogP contribution in [0.3, 0.4) is 0 Å². The predicted octanol–water partition coefficient (Wildman–Crippen LogP) is -1.78. The van der Waals surface area contributed by atoms with Crippen LogP contribution in [0.4, 0.5) is 0 Å². The average molecular weight is 215 g/mol. The lowest BCUT2D eigenvalue weighted by atomic mass is 10.3. The zero-order valence-corrected chi connectivity index (χ0v) is 8.90. The summed E-state index contributed by atoms with van der Waals surface area (Å²) in [7, 11) is 0. The van der Waals surface area contributed by atoms with Crippen LogP contribution in [0.25, 0.3) is 0 Å². The number of nitrogens with one attached hydrogen (secondary N) is 1. The van der Waals surface area contributed by atoms with E-state index in [1.807, 2.05) is 0 Å². The first kappa shape index (κ1) is 11.9. The van der Waals surface area contributed by atoms with Crippen LogP contribution < -0.4 is 5.32 Å². The zero-order chi connectivity index (χ0) is 11.3. The summed E-state index contributed by atoms with van der Waals surface area (Å²) in [6.45, 7) is 4.25. The molecule has 0 aromatic heterocycles. The third-order valence-corrected chi connectivity index (χ3v) is 2.41. The molecular weight excluding hydrogens is 198 g/mol. The number of hydrogen-bond donors (Lipinski definition) is 2. The summed E-state index contributed by atoms with van der Waals surface area (Å²) in [5, 5.41) is 11.4. The molecule has 6 nitrogen and oxygen atoms in total. The summed E-state index contributed by atoms with van der Waals surface area (Å²) in [5.41, 5.74) is 0. The molecule has 1 rings (SSSR count). The molecule has 0 spiro atoms. The number of aliphatic hydroxyl groups excluding tert-OH is 1. The third kappa shape index (κ3) is 3.85. The van der Waals surface area contributed by atoms with Gasteiger partial charge in [-0.05, 0) is 0 Å². The molecule has 0 atom stereocenters. The van der Waals surface area contributed by atoms with Gasteiger partial charge in [-0.2, -0.15) is 0 Å². The van der Waals surface area contributed by atoms with E-state index in [2.05, 4.69) is 10.2 Å². The highest BCUT2D eigenvalue weighted by molar-refractivity contribution is 5.77. The van der Waals surface area contributed by atoms with Gasteiger partial charge in [0.1, 0.15) is 6.61 Å². The molecule has 1 fully saturated rings. The number of aliphatic hydroxyl groups is 1. The molecule has 6 heteroatoms. The van der Waals surface area contributed by atoms with E-state index >= 15 is 0 Å². The van der Waals surface area contributed by atoms with Crippen molar-refractivity contribution in [2.45, 2.75) is 6.92 Å². The number of carbonyl (C=O) groups excluding carboxylic acids is 2. The smallest absolute Gasteiger partial charge is 0.248 e. The molecule has 86 valence electrons. The molecule has 1 saturated heterocycles. The van der Waals surface area contributed by atoms with Crippen LogP contribution in [-0.4, -0.2) is 66.2 Å². The first-order chi connectivity index (χ1) is 7.13. The van der Waals surface area contributed by atoms with Crippen LogP contribution in [0, 0.1) is 0 Å². The van der Waals surface area contributed by atoms with E-state index in [4.69, 9.17) is 5.11 Å². The minimum atomic E-state index is -0.425. The van der Waals surface area contributed by atoms with Gasteiger partial charge in [0, 0.05) is 33.1 Å². The van der Waals surface area contributed by atoms with E-state index in [0.717, 1.165) is 13.1 Å². The quantitative estimate of drug-likeness (QED) is 0.583. The Balaban J connectivity index is 2.23. The number of rotatable bonds is 3. The van der Waals surface area contributed by atoms with Gasteiger partial charge in [0.2, 0.25) is 11.8 Å². The molecule has 1 aliphatic heterocycles. The molecule has 2 N–H and O–H groups in total. The highest BCUT2D eigenvalue weighted by Gasteiger charge is 2.19. The molecule has 0 radical (unpaired) electrons. The maximum absolute atomic E-state index is 11.1. The predicted molar refractivity (Wildman–Crippen MR) is 53.9 cm³/mol. The van der Waals surface area contributed by atoms with E-state index in [-0.39, 0.29) is 11.8 Å². The number of piperazine rings is 1. The van der Waals surface area contributed by atoms with Gasteiger partial charge < -0.3 is 15.3 Å². The van der Waals surface area contributed by atoms with E-state index in [9.17, 15) is 9.59 Å². The van der Waals surface area contributed by atoms with Crippen molar-refractivity contribution < 1.29 is 14.7 Å². The van der Waals surface area contributed by atoms with Crippen molar-refractivity contribution in [3.63, 3.8) is 0 Å². The van der Waals surface area contributed by atoms with E-state index < -0.39 is 6.61 Å². The Morgan fingerprint density at radius 2 is 1.87 bits per heavy atom. The van der Waals surface area contributed by atoms with Gasteiger partial charge in [0.25, 0.3) is 0 Å². The lowest BCUT2D eigenvalue weighted by Crippen LogP contribution is -2.51. The summed E-state index contributed by atoms with van der Waals surface area (Å²) in [6.07, 6.45) is 0. The van der Waals surface area contributed by atoms with Crippen LogP contribution >= 0.6 is 0 Å². The molecule has 1 heterocycles. The maximum Gasteiger partial charge on any atom is 0.248 e. The van der Waals surface area contributed by atoms with Crippen LogP contribution in [0.5, 0.6) is 0 Å². The van der Waals surface area contributed by atoms with Gasteiger partial charge in [0.15, 0.2) is 0 Å². The third-order valence-electron chi connectivity index (χ3n) is 2.41. The Bertz CT molecular complexity index is 237. The fraction of sp³-hybridized carbons (Fsp3) is 0.778. The van der Waals surface area contributed by atoms with E-state index in [1.54, 1.807) is 4.90 Å². The Labute approximate surface area is 88.8 Å². The molecule has 0 aromatic carbocycles.